The van der Waals surface area contributed by atoms with E-state index in [1.54, 1.807) is 49.6 Å². The standard InChI is InChI=1S/C30H35FN2O4/c1-3-19-32-30(35)28(21-23-10-5-4-6-11-23)33(22-24-12-7-8-13-27(24)31)29(34)14-9-20-37-26-17-15-25(36-2)16-18-26/h4-8,10-13,15-18,28H,3,9,14,19-22H2,1-2H3,(H,32,35). The predicted molar refractivity (Wildman–Crippen MR) is 142 cm³/mol. The fraction of sp³-hybridized carbons (Fsp3) is 0.333. The van der Waals surface area contributed by atoms with E-state index in [-0.39, 0.29) is 24.8 Å². The van der Waals surface area contributed by atoms with Gasteiger partial charge in [0.15, 0.2) is 0 Å². The number of halogens is 1. The third-order valence-electron chi connectivity index (χ3n) is 5.98. The van der Waals surface area contributed by atoms with Crippen molar-refractivity contribution in [3.63, 3.8) is 0 Å². The highest BCUT2D eigenvalue weighted by atomic mass is 19.1. The van der Waals surface area contributed by atoms with Gasteiger partial charge in [-0.25, -0.2) is 4.39 Å². The number of methoxy groups -OCH3 is 1. The molecule has 2 amide bonds. The van der Waals surface area contributed by atoms with Crippen molar-refractivity contribution >= 4 is 11.8 Å². The number of hydrogen-bond donors (Lipinski definition) is 1. The van der Waals surface area contributed by atoms with Crippen LogP contribution in [0.25, 0.3) is 0 Å². The Morgan fingerprint density at radius 1 is 0.946 bits per heavy atom. The minimum Gasteiger partial charge on any atom is -0.497 e. The number of rotatable bonds is 14. The summed E-state index contributed by atoms with van der Waals surface area (Å²) in [5.41, 5.74) is 1.29. The van der Waals surface area contributed by atoms with E-state index in [9.17, 15) is 14.0 Å². The molecule has 0 aliphatic carbocycles. The van der Waals surface area contributed by atoms with E-state index >= 15 is 0 Å². The smallest absolute Gasteiger partial charge is 0.243 e. The average molecular weight is 507 g/mol. The maximum atomic E-state index is 14.6. The molecule has 0 aromatic heterocycles. The molecule has 0 aliphatic rings. The van der Waals surface area contributed by atoms with Crippen molar-refractivity contribution in [3.05, 3.63) is 95.8 Å². The zero-order chi connectivity index (χ0) is 26.5. The zero-order valence-electron chi connectivity index (χ0n) is 21.5. The molecule has 7 heteroatoms. The van der Waals surface area contributed by atoms with Crippen molar-refractivity contribution in [2.24, 2.45) is 0 Å². The molecule has 0 heterocycles. The van der Waals surface area contributed by atoms with E-state index < -0.39 is 11.9 Å². The highest BCUT2D eigenvalue weighted by Gasteiger charge is 2.30. The summed E-state index contributed by atoms with van der Waals surface area (Å²) in [4.78, 5) is 28.3. The van der Waals surface area contributed by atoms with Crippen molar-refractivity contribution in [1.82, 2.24) is 10.2 Å². The number of carbonyl (C=O) groups excluding carboxylic acids is 2. The Morgan fingerprint density at radius 3 is 2.30 bits per heavy atom. The summed E-state index contributed by atoms with van der Waals surface area (Å²) in [5.74, 6) is 0.532. The second kappa shape index (κ2) is 14.6. The average Bonchev–Trinajstić information content (AvgIpc) is 2.93. The summed E-state index contributed by atoms with van der Waals surface area (Å²) in [6.45, 7) is 2.80. The van der Waals surface area contributed by atoms with Gasteiger partial charge in [0.2, 0.25) is 11.8 Å². The molecule has 37 heavy (non-hydrogen) atoms. The second-order valence-corrected chi connectivity index (χ2v) is 8.74. The Balaban J connectivity index is 1.76. The monoisotopic (exact) mass is 506 g/mol. The minimum absolute atomic E-state index is 0.00187. The van der Waals surface area contributed by atoms with Crippen LogP contribution in [0.5, 0.6) is 11.5 Å². The molecule has 0 radical (unpaired) electrons. The van der Waals surface area contributed by atoms with Gasteiger partial charge in [-0.15, -0.1) is 0 Å². The highest BCUT2D eigenvalue weighted by molar-refractivity contribution is 5.88. The van der Waals surface area contributed by atoms with Crippen molar-refractivity contribution in [3.8, 4) is 11.5 Å². The Bertz CT molecular complexity index is 1120. The summed E-state index contributed by atoms with van der Waals surface area (Å²) < 4.78 is 25.5. The highest BCUT2D eigenvalue weighted by Crippen LogP contribution is 2.20. The Morgan fingerprint density at radius 2 is 1.62 bits per heavy atom. The molecule has 1 atom stereocenters. The Kier molecular flexibility index (Phi) is 11.0. The number of ether oxygens (including phenoxy) is 2. The van der Waals surface area contributed by atoms with Crippen LogP contribution in [0.15, 0.2) is 78.9 Å². The molecule has 0 saturated carbocycles. The molecule has 0 spiro atoms. The normalized spacial score (nSPS) is 11.4. The maximum absolute atomic E-state index is 14.6. The summed E-state index contributed by atoms with van der Waals surface area (Å²) in [6.07, 6.45) is 1.72. The van der Waals surface area contributed by atoms with Gasteiger partial charge in [0.1, 0.15) is 23.4 Å². The van der Waals surface area contributed by atoms with Gasteiger partial charge in [-0.1, -0.05) is 55.5 Å². The Hall–Kier alpha value is -3.87. The van der Waals surface area contributed by atoms with Crippen LogP contribution in [0.2, 0.25) is 0 Å². The molecule has 0 bridgehead atoms. The third-order valence-corrected chi connectivity index (χ3v) is 5.98. The predicted octanol–water partition coefficient (Wildman–Crippen LogP) is 5.16. The molecule has 3 aromatic rings. The van der Waals surface area contributed by atoms with Crippen LogP contribution >= 0.6 is 0 Å². The van der Waals surface area contributed by atoms with Crippen molar-refractivity contribution < 1.29 is 23.5 Å². The van der Waals surface area contributed by atoms with Crippen molar-refractivity contribution in [2.75, 3.05) is 20.3 Å². The Labute approximate surface area is 218 Å². The van der Waals surface area contributed by atoms with Crippen LogP contribution < -0.4 is 14.8 Å². The van der Waals surface area contributed by atoms with Crippen LogP contribution in [0.1, 0.15) is 37.3 Å². The zero-order valence-corrected chi connectivity index (χ0v) is 21.5. The lowest BCUT2D eigenvalue weighted by Gasteiger charge is -2.31. The van der Waals surface area contributed by atoms with Gasteiger partial charge in [-0.05, 0) is 48.7 Å². The quantitative estimate of drug-likeness (QED) is 0.307. The lowest BCUT2D eigenvalue weighted by atomic mass is 10.0. The molecule has 1 unspecified atom stereocenters. The number of nitrogens with zero attached hydrogens (tertiary/aromatic N) is 1. The lowest BCUT2D eigenvalue weighted by Crippen LogP contribution is -2.50. The van der Waals surface area contributed by atoms with E-state index in [1.165, 1.54) is 11.0 Å². The number of amides is 2. The molecule has 0 aliphatic heterocycles. The largest absolute Gasteiger partial charge is 0.497 e. The number of carbonyl (C=O) groups is 2. The summed E-state index contributed by atoms with van der Waals surface area (Å²) in [5, 5.41) is 2.93. The summed E-state index contributed by atoms with van der Waals surface area (Å²) in [6, 6.07) is 22.3. The maximum Gasteiger partial charge on any atom is 0.243 e. The minimum atomic E-state index is -0.774. The molecular weight excluding hydrogens is 471 g/mol. The molecule has 3 rings (SSSR count). The molecule has 3 aromatic carbocycles. The molecule has 6 nitrogen and oxygen atoms in total. The summed E-state index contributed by atoms with van der Waals surface area (Å²) >= 11 is 0. The van der Waals surface area contributed by atoms with Crippen molar-refractivity contribution in [2.45, 2.75) is 45.2 Å². The first-order valence-electron chi connectivity index (χ1n) is 12.6. The number of nitrogens with one attached hydrogen (secondary N) is 1. The van der Waals surface area contributed by atoms with Crippen LogP contribution in [0.4, 0.5) is 4.39 Å². The van der Waals surface area contributed by atoms with E-state index in [1.807, 2.05) is 37.3 Å². The first-order valence-corrected chi connectivity index (χ1v) is 12.6. The fourth-order valence-corrected chi connectivity index (χ4v) is 3.96. The van der Waals surface area contributed by atoms with Crippen LogP contribution in [0, 0.1) is 5.82 Å². The van der Waals surface area contributed by atoms with Crippen molar-refractivity contribution in [1.29, 1.82) is 0 Å². The second-order valence-electron chi connectivity index (χ2n) is 8.74. The molecule has 0 saturated heterocycles. The van der Waals surface area contributed by atoms with E-state index in [0.717, 1.165) is 17.7 Å². The number of hydrogen-bond acceptors (Lipinski definition) is 4. The van der Waals surface area contributed by atoms with Gasteiger partial charge in [0.25, 0.3) is 0 Å². The first-order chi connectivity index (χ1) is 18.0. The van der Waals surface area contributed by atoms with E-state index in [2.05, 4.69) is 5.32 Å². The van der Waals surface area contributed by atoms with Gasteiger partial charge < -0.3 is 19.7 Å². The topological polar surface area (TPSA) is 67.9 Å². The first kappa shape index (κ1) is 27.7. The van der Waals surface area contributed by atoms with Gasteiger partial charge in [-0.2, -0.15) is 0 Å². The van der Waals surface area contributed by atoms with E-state index in [4.69, 9.17) is 9.47 Å². The van der Waals surface area contributed by atoms with Gasteiger partial charge >= 0.3 is 0 Å². The SMILES string of the molecule is CCCNC(=O)C(Cc1ccccc1)N(Cc1ccccc1F)C(=O)CCCOc1ccc(OC)cc1. The van der Waals surface area contributed by atoms with Gasteiger partial charge in [0, 0.05) is 31.5 Å². The summed E-state index contributed by atoms with van der Waals surface area (Å²) in [7, 11) is 1.60. The lowest BCUT2D eigenvalue weighted by molar-refractivity contribution is -0.141. The van der Waals surface area contributed by atoms with Gasteiger partial charge in [0.05, 0.1) is 13.7 Å². The molecule has 1 N–H and O–H groups in total. The van der Waals surface area contributed by atoms with Gasteiger partial charge in [-0.3, -0.25) is 9.59 Å². The third kappa shape index (κ3) is 8.63. The van der Waals surface area contributed by atoms with Crippen LogP contribution in [-0.2, 0) is 22.6 Å². The van der Waals surface area contributed by atoms with Crippen LogP contribution in [0.3, 0.4) is 0 Å². The molecule has 0 fully saturated rings. The number of benzene rings is 3. The molecule has 196 valence electrons. The van der Waals surface area contributed by atoms with E-state index in [0.29, 0.717) is 37.3 Å². The molecular formula is C30H35FN2O4. The van der Waals surface area contributed by atoms with Crippen LogP contribution in [-0.4, -0.2) is 43.0 Å². The fourth-order valence-electron chi connectivity index (χ4n) is 3.96.